The highest BCUT2D eigenvalue weighted by Gasteiger charge is 2.15. The van der Waals surface area contributed by atoms with Gasteiger partial charge in [-0.1, -0.05) is 30.0 Å². The molecule has 1 aromatic heterocycles. The highest BCUT2D eigenvalue weighted by Crippen LogP contribution is 2.37. The summed E-state index contributed by atoms with van der Waals surface area (Å²) in [5.41, 5.74) is 0.957. The molecule has 1 aliphatic heterocycles. The van der Waals surface area contributed by atoms with Gasteiger partial charge < -0.3 is 19.3 Å². The number of piperazine rings is 1. The smallest absolute Gasteiger partial charge is 0.163 e. The molecule has 0 atom stereocenters. The molecule has 0 saturated carbocycles. The average Bonchev–Trinajstić information content (AvgIpc) is 3.14. The molecule has 0 aliphatic carbocycles. The summed E-state index contributed by atoms with van der Waals surface area (Å²) in [6, 6.07) is 14.3. The molecule has 29 heavy (non-hydrogen) atoms. The minimum Gasteiger partial charge on any atom is -0.493 e. The van der Waals surface area contributed by atoms with Crippen LogP contribution in [0.1, 0.15) is 6.42 Å². The molecule has 0 unspecified atom stereocenters. The molecule has 4 rings (SSSR count). The number of nitrogens with zero attached hydrogens (tertiary/aromatic N) is 3. The Morgan fingerprint density at radius 3 is 2.62 bits per heavy atom. The minimum atomic E-state index is 0.675. The fraction of sp³-hybridized carbons (Fsp3) is 0.409. The SMILES string of the molecule is COc1cc2c(Sc3ccccc3)n[nH]c2cc1OCCCN1CCN(C)CC1. The van der Waals surface area contributed by atoms with Gasteiger partial charge in [0.05, 0.1) is 19.2 Å². The van der Waals surface area contributed by atoms with Crippen LogP contribution in [0, 0.1) is 0 Å². The third-order valence-electron chi connectivity index (χ3n) is 5.24. The van der Waals surface area contributed by atoms with Gasteiger partial charge in [-0.25, -0.2) is 0 Å². The number of aromatic nitrogens is 2. The van der Waals surface area contributed by atoms with Crippen LogP contribution in [-0.4, -0.2) is 73.5 Å². The van der Waals surface area contributed by atoms with Crippen LogP contribution in [0.2, 0.25) is 0 Å². The number of methoxy groups -OCH3 is 1. The topological polar surface area (TPSA) is 53.6 Å². The highest BCUT2D eigenvalue weighted by molar-refractivity contribution is 7.99. The van der Waals surface area contributed by atoms with Gasteiger partial charge in [-0.2, -0.15) is 5.10 Å². The van der Waals surface area contributed by atoms with E-state index in [9.17, 15) is 0 Å². The van der Waals surface area contributed by atoms with E-state index in [2.05, 4.69) is 39.2 Å². The Kier molecular flexibility index (Phi) is 6.59. The van der Waals surface area contributed by atoms with Crippen LogP contribution in [0.15, 0.2) is 52.4 Å². The molecule has 0 amide bonds. The molecule has 0 bridgehead atoms. The van der Waals surface area contributed by atoms with E-state index in [1.54, 1.807) is 18.9 Å². The summed E-state index contributed by atoms with van der Waals surface area (Å²) in [4.78, 5) is 6.04. The quantitative estimate of drug-likeness (QED) is 0.569. The molecule has 154 valence electrons. The number of rotatable bonds is 8. The van der Waals surface area contributed by atoms with E-state index in [1.807, 2.05) is 30.3 Å². The van der Waals surface area contributed by atoms with Crippen molar-refractivity contribution < 1.29 is 9.47 Å². The van der Waals surface area contributed by atoms with E-state index >= 15 is 0 Å². The van der Waals surface area contributed by atoms with Gasteiger partial charge in [-0.05, 0) is 31.7 Å². The Labute approximate surface area is 176 Å². The fourth-order valence-electron chi connectivity index (χ4n) is 3.49. The van der Waals surface area contributed by atoms with Crippen molar-refractivity contribution in [3.63, 3.8) is 0 Å². The molecule has 0 radical (unpaired) electrons. The molecule has 7 heteroatoms. The van der Waals surface area contributed by atoms with Crippen molar-refractivity contribution in [2.75, 3.05) is 53.5 Å². The number of hydrogen-bond acceptors (Lipinski definition) is 6. The first-order chi connectivity index (χ1) is 14.2. The van der Waals surface area contributed by atoms with Crippen LogP contribution in [0.3, 0.4) is 0 Å². The number of fused-ring (bicyclic) bond motifs is 1. The maximum atomic E-state index is 6.06. The zero-order valence-corrected chi connectivity index (χ0v) is 17.9. The molecule has 1 aliphatic rings. The normalized spacial score (nSPS) is 15.7. The van der Waals surface area contributed by atoms with Crippen LogP contribution in [0.25, 0.3) is 10.9 Å². The Hall–Kier alpha value is -2.22. The van der Waals surface area contributed by atoms with Crippen molar-refractivity contribution >= 4 is 22.7 Å². The van der Waals surface area contributed by atoms with E-state index in [1.165, 1.54) is 0 Å². The lowest BCUT2D eigenvalue weighted by atomic mass is 10.2. The molecular weight excluding hydrogens is 384 g/mol. The molecule has 1 N–H and O–H groups in total. The van der Waals surface area contributed by atoms with Gasteiger partial charge in [0, 0.05) is 49.1 Å². The van der Waals surface area contributed by atoms with E-state index in [-0.39, 0.29) is 0 Å². The predicted octanol–water partition coefficient (Wildman–Crippen LogP) is 3.74. The summed E-state index contributed by atoms with van der Waals surface area (Å²) < 4.78 is 11.7. The molecule has 0 spiro atoms. The Bertz CT molecular complexity index is 923. The Morgan fingerprint density at radius 2 is 1.86 bits per heavy atom. The second kappa shape index (κ2) is 9.52. The fourth-order valence-corrected chi connectivity index (χ4v) is 4.38. The number of benzene rings is 2. The highest BCUT2D eigenvalue weighted by atomic mass is 32.2. The van der Waals surface area contributed by atoms with E-state index in [0.717, 1.165) is 71.5 Å². The van der Waals surface area contributed by atoms with Crippen molar-refractivity contribution in [1.82, 2.24) is 20.0 Å². The van der Waals surface area contributed by atoms with Crippen LogP contribution < -0.4 is 9.47 Å². The van der Waals surface area contributed by atoms with Crippen LogP contribution in [-0.2, 0) is 0 Å². The second-order valence-electron chi connectivity index (χ2n) is 7.34. The van der Waals surface area contributed by atoms with Crippen molar-refractivity contribution in [2.24, 2.45) is 0 Å². The van der Waals surface area contributed by atoms with E-state index in [4.69, 9.17) is 9.47 Å². The minimum absolute atomic E-state index is 0.675. The summed E-state index contributed by atoms with van der Waals surface area (Å²) in [6.45, 7) is 6.32. The number of ether oxygens (including phenoxy) is 2. The van der Waals surface area contributed by atoms with Crippen LogP contribution >= 0.6 is 11.8 Å². The number of hydrogen-bond donors (Lipinski definition) is 1. The van der Waals surface area contributed by atoms with E-state index in [0.29, 0.717) is 6.61 Å². The maximum Gasteiger partial charge on any atom is 0.163 e. The van der Waals surface area contributed by atoms with Crippen molar-refractivity contribution in [3.8, 4) is 11.5 Å². The van der Waals surface area contributed by atoms with Crippen LogP contribution in [0.4, 0.5) is 0 Å². The van der Waals surface area contributed by atoms with Crippen molar-refractivity contribution in [2.45, 2.75) is 16.3 Å². The lowest BCUT2D eigenvalue weighted by Gasteiger charge is -2.32. The zero-order chi connectivity index (χ0) is 20.1. The number of aromatic amines is 1. The summed E-state index contributed by atoms with van der Waals surface area (Å²) in [6.07, 6.45) is 1.00. The zero-order valence-electron chi connectivity index (χ0n) is 17.1. The van der Waals surface area contributed by atoms with Gasteiger partial charge in [0.25, 0.3) is 0 Å². The number of likely N-dealkylation sites (N-methyl/N-ethyl adjacent to an activating group) is 1. The Balaban J connectivity index is 1.39. The summed E-state index contributed by atoms with van der Waals surface area (Å²) >= 11 is 1.64. The van der Waals surface area contributed by atoms with E-state index < -0.39 is 0 Å². The molecule has 3 aromatic rings. The van der Waals surface area contributed by atoms with Crippen molar-refractivity contribution in [3.05, 3.63) is 42.5 Å². The standard InChI is InChI=1S/C22H28N4O2S/c1-25-10-12-26(13-11-25)9-6-14-28-21-16-19-18(15-20(21)27-2)22(24-23-19)29-17-7-4-3-5-8-17/h3-5,7-8,15-16H,6,9-14H2,1-2H3,(H,23,24). The number of H-pyrrole nitrogens is 1. The van der Waals surface area contributed by atoms with Gasteiger partial charge >= 0.3 is 0 Å². The molecular formula is C22H28N4O2S. The first-order valence-electron chi connectivity index (χ1n) is 10.1. The lowest BCUT2D eigenvalue weighted by Crippen LogP contribution is -2.44. The van der Waals surface area contributed by atoms with Gasteiger partial charge in [0.2, 0.25) is 0 Å². The monoisotopic (exact) mass is 412 g/mol. The van der Waals surface area contributed by atoms with Crippen LogP contribution in [0.5, 0.6) is 11.5 Å². The molecule has 6 nitrogen and oxygen atoms in total. The first-order valence-corrected chi connectivity index (χ1v) is 10.9. The largest absolute Gasteiger partial charge is 0.493 e. The van der Waals surface area contributed by atoms with Gasteiger partial charge in [0.1, 0.15) is 5.03 Å². The summed E-state index contributed by atoms with van der Waals surface area (Å²) in [5, 5.41) is 9.59. The molecule has 1 saturated heterocycles. The predicted molar refractivity (Wildman–Crippen MR) is 117 cm³/mol. The number of nitrogens with one attached hydrogen (secondary N) is 1. The molecule has 1 fully saturated rings. The third kappa shape index (κ3) is 5.04. The summed E-state index contributed by atoms with van der Waals surface area (Å²) in [7, 11) is 3.87. The first kappa shape index (κ1) is 20.1. The molecule has 2 aromatic carbocycles. The lowest BCUT2D eigenvalue weighted by molar-refractivity contribution is 0.145. The third-order valence-corrected chi connectivity index (χ3v) is 6.25. The second-order valence-corrected chi connectivity index (χ2v) is 8.40. The van der Waals surface area contributed by atoms with Gasteiger partial charge in [-0.15, -0.1) is 0 Å². The van der Waals surface area contributed by atoms with Gasteiger partial charge in [0.15, 0.2) is 11.5 Å². The molecule has 2 heterocycles. The van der Waals surface area contributed by atoms with Crippen molar-refractivity contribution in [1.29, 1.82) is 0 Å². The average molecular weight is 413 g/mol. The maximum absolute atomic E-state index is 6.06. The van der Waals surface area contributed by atoms with Gasteiger partial charge in [-0.3, -0.25) is 5.10 Å². The Morgan fingerprint density at radius 1 is 1.07 bits per heavy atom. The summed E-state index contributed by atoms with van der Waals surface area (Å²) in [5.74, 6) is 1.51.